The van der Waals surface area contributed by atoms with Gasteiger partial charge in [0.15, 0.2) is 0 Å². The quantitative estimate of drug-likeness (QED) is 0.768. The third kappa shape index (κ3) is 4.77. The number of rotatable bonds is 6. The zero-order chi connectivity index (χ0) is 17.5. The number of nitrogens with two attached hydrogens (primary N) is 1. The molecule has 0 unspecified atom stereocenters. The maximum absolute atomic E-state index is 13.5. The molecule has 1 aromatic carbocycles. The van der Waals surface area contributed by atoms with Crippen LogP contribution in [-0.4, -0.2) is 56.4 Å². The van der Waals surface area contributed by atoms with Gasteiger partial charge in [-0.25, -0.2) is 0 Å². The van der Waals surface area contributed by atoms with E-state index in [-0.39, 0.29) is 24.4 Å². The minimum atomic E-state index is -0.424. The Morgan fingerprint density at radius 1 is 1.19 bits per heavy atom. The zero-order valence-electron chi connectivity index (χ0n) is 15.4. The standard InChI is InChI=1S/C20H30N2O3.ClH/c21-11-4-14-25-18-7-12-22(13-8-18)19(23)20(9-15-24-16-10-20)17-5-2-1-3-6-17;/h1-3,5-6,18H,4,7-16,21H2;1H. The van der Waals surface area contributed by atoms with Crippen LogP contribution in [0.2, 0.25) is 0 Å². The highest BCUT2D eigenvalue weighted by atomic mass is 35.5. The number of ether oxygens (including phenoxy) is 2. The number of amides is 1. The molecule has 0 radical (unpaired) electrons. The monoisotopic (exact) mass is 382 g/mol. The van der Waals surface area contributed by atoms with E-state index in [0.717, 1.165) is 57.4 Å². The molecule has 2 heterocycles. The number of piperidine rings is 1. The van der Waals surface area contributed by atoms with Crippen molar-refractivity contribution in [2.24, 2.45) is 5.73 Å². The van der Waals surface area contributed by atoms with Gasteiger partial charge in [0.1, 0.15) is 0 Å². The van der Waals surface area contributed by atoms with Gasteiger partial charge in [-0.15, -0.1) is 12.4 Å². The first-order chi connectivity index (χ1) is 12.3. The Kier molecular flexibility index (Phi) is 8.35. The molecule has 1 amide bonds. The Balaban J connectivity index is 0.00000243. The molecule has 3 rings (SSSR count). The fourth-order valence-corrected chi connectivity index (χ4v) is 3.96. The van der Waals surface area contributed by atoms with E-state index in [0.29, 0.717) is 19.8 Å². The average Bonchev–Trinajstić information content (AvgIpc) is 2.69. The van der Waals surface area contributed by atoms with Gasteiger partial charge in [0.25, 0.3) is 0 Å². The van der Waals surface area contributed by atoms with Crippen LogP contribution >= 0.6 is 12.4 Å². The van der Waals surface area contributed by atoms with Crippen molar-refractivity contribution in [1.29, 1.82) is 0 Å². The second-order valence-electron chi connectivity index (χ2n) is 7.07. The first-order valence-electron chi connectivity index (χ1n) is 9.50. The molecule has 2 N–H and O–H groups in total. The van der Waals surface area contributed by atoms with Gasteiger partial charge in [-0.05, 0) is 44.2 Å². The summed E-state index contributed by atoms with van der Waals surface area (Å²) >= 11 is 0. The summed E-state index contributed by atoms with van der Waals surface area (Å²) in [6.07, 6.45) is 4.52. The predicted molar refractivity (Wildman–Crippen MR) is 105 cm³/mol. The lowest BCUT2D eigenvalue weighted by Gasteiger charge is -2.42. The van der Waals surface area contributed by atoms with Crippen LogP contribution in [0.5, 0.6) is 0 Å². The van der Waals surface area contributed by atoms with Crippen molar-refractivity contribution in [2.75, 3.05) is 39.5 Å². The molecule has 2 aliphatic rings. The van der Waals surface area contributed by atoms with E-state index < -0.39 is 5.41 Å². The van der Waals surface area contributed by atoms with Gasteiger partial charge in [0, 0.05) is 32.9 Å². The number of benzene rings is 1. The first kappa shape index (κ1) is 21.2. The summed E-state index contributed by atoms with van der Waals surface area (Å²) in [6, 6.07) is 10.2. The summed E-state index contributed by atoms with van der Waals surface area (Å²) in [5.41, 5.74) is 6.22. The fraction of sp³-hybridized carbons (Fsp3) is 0.650. The molecule has 5 nitrogen and oxygen atoms in total. The molecule has 0 spiro atoms. The lowest BCUT2D eigenvalue weighted by Crippen LogP contribution is -2.52. The second kappa shape index (κ2) is 10.3. The minimum absolute atomic E-state index is 0. The first-order valence-corrected chi connectivity index (χ1v) is 9.50. The molecule has 2 aliphatic heterocycles. The van der Waals surface area contributed by atoms with Gasteiger partial charge in [-0.1, -0.05) is 30.3 Å². The van der Waals surface area contributed by atoms with Crippen LogP contribution in [0.25, 0.3) is 0 Å². The van der Waals surface area contributed by atoms with E-state index in [9.17, 15) is 4.79 Å². The van der Waals surface area contributed by atoms with E-state index in [1.807, 2.05) is 23.1 Å². The molecular formula is C20H31ClN2O3. The van der Waals surface area contributed by atoms with E-state index >= 15 is 0 Å². The lowest BCUT2D eigenvalue weighted by atomic mass is 9.72. The van der Waals surface area contributed by atoms with Gasteiger partial charge in [-0.2, -0.15) is 0 Å². The summed E-state index contributed by atoms with van der Waals surface area (Å²) in [7, 11) is 0. The molecule has 0 saturated carbocycles. The van der Waals surface area contributed by atoms with E-state index in [2.05, 4.69) is 12.1 Å². The van der Waals surface area contributed by atoms with Crippen LogP contribution in [-0.2, 0) is 19.7 Å². The minimum Gasteiger partial charge on any atom is -0.381 e. The predicted octanol–water partition coefficient (Wildman–Crippen LogP) is 2.51. The summed E-state index contributed by atoms with van der Waals surface area (Å²) in [4.78, 5) is 15.5. The van der Waals surface area contributed by atoms with Crippen LogP contribution in [0.4, 0.5) is 0 Å². The highest BCUT2D eigenvalue weighted by molar-refractivity contribution is 5.88. The molecule has 0 atom stereocenters. The van der Waals surface area contributed by atoms with E-state index in [1.54, 1.807) is 0 Å². The third-order valence-electron chi connectivity index (χ3n) is 5.51. The van der Waals surface area contributed by atoms with Gasteiger partial charge in [-0.3, -0.25) is 4.79 Å². The van der Waals surface area contributed by atoms with Crippen LogP contribution < -0.4 is 5.73 Å². The number of nitrogens with zero attached hydrogens (tertiary/aromatic N) is 1. The summed E-state index contributed by atoms with van der Waals surface area (Å²) in [5.74, 6) is 0.266. The zero-order valence-corrected chi connectivity index (χ0v) is 16.2. The van der Waals surface area contributed by atoms with Crippen molar-refractivity contribution in [1.82, 2.24) is 4.90 Å². The Hall–Kier alpha value is -1.14. The van der Waals surface area contributed by atoms with Crippen LogP contribution in [0.1, 0.15) is 37.7 Å². The van der Waals surface area contributed by atoms with Gasteiger partial charge >= 0.3 is 0 Å². The fourth-order valence-electron chi connectivity index (χ4n) is 3.96. The summed E-state index contributed by atoms with van der Waals surface area (Å²) < 4.78 is 11.4. The largest absolute Gasteiger partial charge is 0.381 e. The number of carbonyl (C=O) groups excluding carboxylic acids is 1. The number of carbonyl (C=O) groups is 1. The highest BCUT2D eigenvalue weighted by Gasteiger charge is 2.44. The van der Waals surface area contributed by atoms with Gasteiger partial charge in [0.05, 0.1) is 11.5 Å². The molecule has 146 valence electrons. The third-order valence-corrected chi connectivity index (χ3v) is 5.51. The number of hydrogen-bond acceptors (Lipinski definition) is 4. The second-order valence-corrected chi connectivity index (χ2v) is 7.07. The molecule has 1 aromatic rings. The van der Waals surface area contributed by atoms with Crippen molar-refractivity contribution in [2.45, 2.75) is 43.6 Å². The Morgan fingerprint density at radius 2 is 1.85 bits per heavy atom. The highest BCUT2D eigenvalue weighted by Crippen LogP contribution is 2.37. The van der Waals surface area contributed by atoms with E-state index in [1.165, 1.54) is 0 Å². The molecular weight excluding hydrogens is 352 g/mol. The summed E-state index contributed by atoms with van der Waals surface area (Å²) in [5, 5.41) is 0. The van der Waals surface area contributed by atoms with E-state index in [4.69, 9.17) is 15.2 Å². The van der Waals surface area contributed by atoms with Gasteiger partial charge < -0.3 is 20.1 Å². The number of hydrogen-bond donors (Lipinski definition) is 1. The molecule has 6 heteroatoms. The molecule has 0 aliphatic carbocycles. The average molecular weight is 383 g/mol. The molecule has 0 bridgehead atoms. The molecule has 2 saturated heterocycles. The van der Waals surface area contributed by atoms with Crippen molar-refractivity contribution >= 4 is 18.3 Å². The Bertz CT molecular complexity index is 541. The summed E-state index contributed by atoms with van der Waals surface area (Å²) in [6.45, 7) is 4.25. The molecule has 26 heavy (non-hydrogen) atoms. The van der Waals surface area contributed by atoms with Crippen molar-refractivity contribution in [3.05, 3.63) is 35.9 Å². The maximum atomic E-state index is 13.5. The lowest BCUT2D eigenvalue weighted by molar-refractivity contribution is -0.144. The van der Waals surface area contributed by atoms with Crippen LogP contribution in [0, 0.1) is 0 Å². The SMILES string of the molecule is Cl.NCCCOC1CCN(C(=O)C2(c3ccccc3)CCOCC2)CC1. The topological polar surface area (TPSA) is 64.8 Å². The smallest absolute Gasteiger partial charge is 0.233 e. The van der Waals surface area contributed by atoms with Crippen molar-refractivity contribution < 1.29 is 14.3 Å². The maximum Gasteiger partial charge on any atom is 0.233 e. The number of halogens is 1. The molecule has 2 fully saturated rings. The van der Waals surface area contributed by atoms with Crippen molar-refractivity contribution in [3.8, 4) is 0 Å². The Morgan fingerprint density at radius 3 is 2.46 bits per heavy atom. The van der Waals surface area contributed by atoms with Crippen LogP contribution in [0.15, 0.2) is 30.3 Å². The number of likely N-dealkylation sites (tertiary alicyclic amines) is 1. The molecule has 0 aromatic heterocycles. The van der Waals surface area contributed by atoms with Crippen LogP contribution in [0.3, 0.4) is 0 Å². The normalized spacial score (nSPS) is 20.4. The van der Waals surface area contributed by atoms with Gasteiger partial charge in [0.2, 0.25) is 5.91 Å². The Labute approximate surface area is 162 Å². The van der Waals surface area contributed by atoms with Crippen molar-refractivity contribution in [3.63, 3.8) is 0 Å².